The Morgan fingerprint density at radius 3 is 1.94 bits per heavy atom. The van der Waals surface area contributed by atoms with E-state index in [1.165, 1.54) is 18.3 Å². The number of pyridine rings is 1. The number of benzene rings is 2. The third kappa shape index (κ3) is 18.0. The largest absolute Gasteiger partial charge is 0.493 e. The number of carbonyl (C=O) groups excluding carboxylic acids is 3. The number of piperidine rings is 1. The van der Waals surface area contributed by atoms with E-state index in [-0.39, 0.29) is 159 Å². The second-order valence-corrected chi connectivity index (χ2v) is 20.3. The number of nitriles is 1. The van der Waals surface area contributed by atoms with E-state index in [1.54, 1.807) is 55.7 Å². The van der Waals surface area contributed by atoms with Crippen LogP contribution in [0.2, 0.25) is 0 Å². The molecule has 4 heterocycles. The zero-order valence-corrected chi connectivity index (χ0v) is 44.9. The Kier molecular flexibility index (Phi) is 22.9. The molecule has 0 aliphatic carbocycles. The summed E-state index contributed by atoms with van der Waals surface area (Å²) in [5, 5.41) is 47.1. The van der Waals surface area contributed by atoms with Crippen molar-refractivity contribution in [1.82, 2.24) is 45.4 Å². The van der Waals surface area contributed by atoms with Crippen LogP contribution in [0.4, 0.5) is 23.2 Å². The van der Waals surface area contributed by atoms with Gasteiger partial charge in [0.1, 0.15) is 23.3 Å². The number of nitrogens with two attached hydrogens (primary N) is 1. The van der Waals surface area contributed by atoms with Crippen molar-refractivity contribution in [1.29, 1.82) is 5.26 Å². The minimum absolute atomic E-state index is 0.0353. The number of hydrogen-bond donors (Lipinski definition) is 7. The molecule has 0 saturated carbocycles. The molecule has 3 aliphatic rings. The number of alkyl halides is 3. The van der Waals surface area contributed by atoms with Crippen LogP contribution in [0, 0.1) is 17.1 Å². The minimum atomic E-state index is -4.65. The van der Waals surface area contributed by atoms with E-state index in [4.69, 9.17) is 10.5 Å². The van der Waals surface area contributed by atoms with E-state index >= 15 is 4.39 Å². The van der Waals surface area contributed by atoms with E-state index in [1.807, 2.05) is 6.07 Å². The van der Waals surface area contributed by atoms with Crippen molar-refractivity contribution < 1.29 is 66.4 Å². The molecule has 2 atom stereocenters. The number of aliphatic carboxylic acids is 3. The maximum atomic E-state index is 16.2. The van der Waals surface area contributed by atoms with Crippen molar-refractivity contribution in [3.8, 4) is 23.1 Å². The van der Waals surface area contributed by atoms with E-state index in [2.05, 4.69) is 25.8 Å². The number of amides is 3. The molecule has 3 saturated heterocycles. The standard InChI is InChI=1S/C54H72F4N12O10/c1-2-80-45-8-4-3-6-41(45)50-42(55)29-39(31-63-50)53(12-17-70(18-13-53)44-10-9-38(54(56,57)58)28-37(44)30-59)52(79)64-40-11-16-65(32-40)19-15-62-51(78)43(60)7-5-14-61-46(71)33-66-20-22-67(34-47(72)73)24-26-69(36-49(76)77)27-25-68(23-21-66)35-48(74)75/h3-4,6,8-10,28-29,31,40,43H,2,5,7,11-27,32-36,60H2,1H3,(H,61,71)(H,62,78)(H,64,79)(H,72,73)(H,74,75)(H,76,77)/t40-,43+/m0/s1. The van der Waals surface area contributed by atoms with Gasteiger partial charge in [-0.15, -0.1) is 0 Å². The number of rotatable bonds is 23. The number of halogens is 4. The number of likely N-dealkylation sites (tertiary alicyclic amines) is 1. The summed E-state index contributed by atoms with van der Waals surface area (Å²) in [5.41, 5.74) is 4.89. The molecule has 1 aromatic heterocycles. The zero-order valence-electron chi connectivity index (χ0n) is 44.9. The van der Waals surface area contributed by atoms with Gasteiger partial charge < -0.3 is 46.6 Å². The smallest absolute Gasteiger partial charge is 0.416 e. The number of para-hydroxylation sites is 1. The molecule has 3 amide bonds. The monoisotopic (exact) mass is 1120 g/mol. The number of nitrogens with one attached hydrogen (secondary N) is 3. The van der Waals surface area contributed by atoms with Crippen LogP contribution in [0.1, 0.15) is 55.7 Å². The van der Waals surface area contributed by atoms with Crippen molar-refractivity contribution >= 4 is 41.3 Å². The molecule has 80 heavy (non-hydrogen) atoms. The molecule has 3 aliphatic heterocycles. The molecule has 6 rings (SSSR count). The fourth-order valence-electron chi connectivity index (χ4n) is 10.4. The fourth-order valence-corrected chi connectivity index (χ4v) is 10.4. The normalized spacial score (nSPS) is 18.7. The number of aromatic nitrogens is 1. The Bertz CT molecular complexity index is 2640. The highest BCUT2D eigenvalue weighted by Crippen LogP contribution is 2.41. The van der Waals surface area contributed by atoms with E-state index < -0.39 is 46.9 Å². The molecule has 436 valence electrons. The maximum Gasteiger partial charge on any atom is 0.416 e. The molecular formula is C54H72F4N12O10. The van der Waals surface area contributed by atoms with E-state index in [0.717, 1.165) is 12.1 Å². The van der Waals surface area contributed by atoms with E-state index in [0.29, 0.717) is 61.6 Å². The molecule has 26 heteroatoms. The molecule has 0 spiro atoms. The minimum Gasteiger partial charge on any atom is -0.493 e. The lowest BCUT2D eigenvalue weighted by molar-refractivity contribution is -0.140. The Morgan fingerprint density at radius 2 is 1.39 bits per heavy atom. The van der Waals surface area contributed by atoms with Gasteiger partial charge in [-0.05, 0) is 81.0 Å². The van der Waals surface area contributed by atoms with Gasteiger partial charge in [0.05, 0.1) is 61.1 Å². The average Bonchev–Trinajstić information content (AvgIpc) is 3.87. The van der Waals surface area contributed by atoms with Gasteiger partial charge in [0.2, 0.25) is 17.7 Å². The van der Waals surface area contributed by atoms with E-state index in [9.17, 15) is 62.5 Å². The third-order valence-corrected chi connectivity index (χ3v) is 14.7. The molecule has 3 fully saturated rings. The first-order valence-electron chi connectivity index (χ1n) is 26.8. The van der Waals surface area contributed by atoms with Gasteiger partial charge >= 0.3 is 24.1 Å². The number of carboxylic acid groups (broad SMARTS) is 3. The van der Waals surface area contributed by atoms with Crippen LogP contribution in [0.25, 0.3) is 11.3 Å². The Hall–Kier alpha value is -7.02. The van der Waals surface area contributed by atoms with Crippen LogP contribution in [0.15, 0.2) is 54.7 Å². The van der Waals surface area contributed by atoms with Gasteiger partial charge in [0.25, 0.3) is 0 Å². The predicted octanol–water partition coefficient (Wildman–Crippen LogP) is 1.72. The topological polar surface area (TPSA) is 291 Å². The van der Waals surface area contributed by atoms with Crippen LogP contribution in [-0.4, -0.2) is 223 Å². The van der Waals surface area contributed by atoms with Gasteiger partial charge in [0.15, 0.2) is 0 Å². The highest BCUT2D eigenvalue weighted by molar-refractivity contribution is 5.89. The summed E-state index contributed by atoms with van der Waals surface area (Å²) in [6.45, 7) is 5.56. The van der Waals surface area contributed by atoms with Crippen LogP contribution >= 0.6 is 0 Å². The predicted molar refractivity (Wildman–Crippen MR) is 285 cm³/mol. The molecule has 0 radical (unpaired) electrons. The molecule has 8 N–H and O–H groups in total. The van der Waals surface area contributed by atoms with Gasteiger partial charge in [-0.3, -0.25) is 58.3 Å². The first-order chi connectivity index (χ1) is 38.2. The summed E-state index contributed by atoms with van der Waals surface area (Å²) in [7, 11) is 0. The number of carboxylic acids is 3. The van der Waals surface area contributed by atoms with Crippen LogP contribution < -0.4 is 31.3 Å². The van der Waals surface area contributed by atoms with Crippen molar-refractivity contribution in [3.63, 3.8) is 0 Å². The summed E-state index contributed by atoms with van der Waals surface area (Å²) in [4.78, 5) is 90.7. The summed E-state index contributed by atoms with van der Waals surface area (Å²) in [6, 6.07) is 11.8. The van der Waals surface area contributed by atoms with Gasteiger partial charge in [-0.25, -0.2) is 4.39 Å². The quantitative estimate of drug-likeness (QED) is 0.0526. The van der Waals surface area contributed by atoms with Crippen molar-refractivity contribution in [2.75, 3.05) is 136 Å². The maximum absolute atomic E-state index is 16.2. The zero-order chi connectivity index (χ0) is 58.0. The van der Waals surface area contributed by atoms with Crippen molar-refractivity contribution in [2.24, 2.45) is 5.73 Å². The number of carbonyl (C=O) groups is 6. The van der Waals surface area contributed by atoms with Gasteiger partial charge in [-0.1, -0.05) is 12.1 Å². The summed E-state index contributed by atoms with van der Waals surface area (Å²) in [6.07, 6.45) is -1.71. The molecule has 2 aromatic carbocycles. The molecular weight excluding hydrogens is 1050 g/mol. The molecule has 0 unspecified atom stereocenters. The molecule has 0 bridgehead atoms. The Labute approximate surface area is 461 Å². The Morgan fingerprint density at radius 1 is 0.800 bits per heavy atom. The van der Waals surface area contributed by atoms with Crippen LogP contribution in [0.3, 0.4) is 0 Å². The second kappa shape index (κ2) is 29.4. The van der Waals surface area contributed by atoms with Crippen LogP contribution in [0.5, 0.6) is 5.75 Å². The fraction of sp³-hybridized carbons (Fsp3) is 0.556. The number of anilines is 1. The number of hydrogen-bond acceptors (Lipinski definition) is 16. The lowest BCUT2D eigenvalue weighted by Gasteiger charge is -2.42. The lowest BCUT2D eigenvalue weighted by Crippen LogP contribution is -2.54. The SMILES string of the molecule is CCOc1ccccc1-c1ncc(C2(C(=O)N[C@H]3CCN(CCNC(=O)[C@H](N)CCCNC(=O)CN4CCN(CC(=O)O)CCN(CC(=O)O)CCN(CC(=O)O)CC4)C3)CCN(c3ccc(C(F)(F)F)cc3C#N)CC2)cc1F. The average molecular weight is 1130 g/mol. The third-order valence-electron chi connectivity index (χ3n) is 14.7. The van der Waals surface area contributed by atoms with Crippen molar-refractivity contribution in [2.45, 2.75) is 62.7 Å². The summed E-state index contributed by atoms with van der Waals surface area (Å²) >= 11 is 0. The Balaban J connectivity index is 0.989. The summed E-state index contributed by atoms with van der Waals surface area (Å²) < 4.78 is 62.6. The summed E-state index contributed by atoms with van der Waals surface area (Å²) in [5.74, 6) is -4.50. The van der Waals surface area contributed by atoms with Gasteiger partial charge in [-0.2, -0.15) is 18.4 Å². The first kappa shape index (κ1) is 62.2. The molecule has 22 nitrogen and oxygen atoms in total. The molecule has 3 aromatic rings. The highest BCUT2D eigenvalue weighted by atomic mass is 19.4. The first-order valence-corrected chi connectivity index (χ1v) is 26.8. The number of ether oxygens (including phenoxy) is 1. The lowest BCUT2D eigenvalue weighted by atomic mass is 9.72. The van der Waals surface area contributed by atoms with Crippen molar-refractivity contribution in [3.05, 3.63) is 77.2 Å². The van der Waals surface area contributed by atoms with Gasteiger partial charge in [0, 0.05) is 116 Å². The number of nitrogens with zero attached hydrogens (tertiary/aromatic N) is 8. The second-order valence-electron chi connectivity index (χ2n) is 20.3. The highest BCUT2D eigenvalue weighted by Gasteiger charge is 2.45. The van der Waals surface area contributed by atoms with Crippen LogP contribution in [-0.2, 0) is 40.4 Å².